The maximum atomic E-state index is 11.9. The molecule has 1 aromatic carbocycles. The molecule has 1 amide bonds. The molecule has 0 bridgehead atoms. The SMILES string of the molecule is CC1OCCC1N(C)CC(N)(C(N)=O)c1ccccc1. The summed E-state index contributed by atoms with van der Waals surface area (Å²) >= 11 is 0. The minimum absolute atomic E-state index is 0.146. The lowest BCUT2D eigenvalue weighted by Crippen LogP contribution is -2.57. The number of hydrogen-bond donors (Lipinski definition) is 2. The molecule has 1 fully saturated rings. The fraction of sp³-hybridized carbons (Fsp3) is 0.533. The lowest BCUT2D eigenvalue weighted by molar-refractivity contribution is -0.124. The second-order valence-corrected chi connectivity index (χ2v) is 5.55. The van der Waals surface area contributed by atoms with Gasteiger partial charge in [0.25, 0.3) is 0 Å². The number of likely N-dealkylation sites (N-methyl/N-ethyl adjacent to an activating group) is 1. The predicted molar refractivity (Wildman–Crippen MR) is 78.0 cm³/mol. The van der Waals surface area contributed by atoms with Gasteiger partial charge in [0.15, 0.2) is 0 Å². The van der Waals surface area contributed by atoms with E-state index in [0.717, 1.165) is 18.6 Å². The van der Waals surface area contributed by atoms with Crippen LogP contribution in [0.5, 0.6) is 0 Å². The average Bonchev–Trinajstić information content (AvgIpc) is 2.85. The van der Waals surface area contributed by atoms with Crippen LogP contribution in [0.3, 0.4) is 0 Å². The molecule has 3 atom stereocenters. The van der Waals surface area contributed by atoms with Crippen molar-refractivity contribution >= 4 is 5.91 Å². The van der Waals surface area contributed by atoms with Crippen molar-refractivity contribution < 1.29 is 9.53 Å². The first-order valence-corrected chi connectivity index (χ1v) is 6.91. The van der Waals surface area contributed by atoms with Gasteiger partial charge in [-0.2, -0.15) is 0 Å². The van der Waals surface area contributed by atoms with Gasteiger partial charge in [0.05, 0.1) is 6.10 Å². The van der Waals surface area contributed by atoms with Gasteiger partial charge in [0.1, 0.15) is 5.54 Å². The Morgan fingerprint density at radius 3 is 2.60 bits per heavy atom. The summed E-state index contributed by atoms with van der Waals surface area (Å²) < 4.78 is 5.57. The van der Waals surface area contributed by atoms with Crippen LogP contribution in [0.25, 0.3) is 0 Å². The molecule has 4 N–H and O–H groups in total. The third-order valence-electron chi connectivity index (χ3n) is 4.13. The smallest absolute Gasteiger partial charge is 0.243 e. The number of ether oxygens (including phenoxy) is 1. The van der Waals surface area contributed by atoms with Crippen LogP contribution in [0.4, 0.5) is 0 Å². The highest BCUT2D eigenvalue weighted by Crippen LogP contribution is 2.24. The van der Waals surface area contributed by atoms with Crippen LogP contribution in [0.1, 0.15) is 18.9 Å². The van der Waals surface area contributed by atoms with Crippen LogP contribution in [0.15, 0.2) is 30.3 Å². The van der Waals surface area contributed by atoms with E-state index >= 15 is 0 Å². The van der Waals surface area contributed by atoms with Crippen molar-refractivity contribution in [2.24, 2.45) is 11.5 Å². The van der Waals surface area contributed by atoms with Crippen molar-refractivity contribution in [1.29, 1.82) is 0 Å². The Kier molecular flexibility index (Phi) is 4.42. The molecule has 0 aliphatic carbocycles. The van der Waals surface area contributed by atoms with Crippen LogP contribution in [-0.2, 0) is 15.1 Å². The number of amides is 1. The first kappa shape index (κ1) is 15.0. The quantitative estimate of drug-likeness (QED) is 0.818. The minimum Gasteiger partial charge on any atom is -0.377 e. The third-order valence-corrected chi connectivity index (χ3v) is 4.13. The molecule has 1 heterocycles. The summed E-state index contributed by atoms with van der Waals surface area (Å²) in [5.74, 6) is -0.512. The zero-order valence-corrected chi connectivity index (χ0v) is 12.1. The second kappa shape index (κ2) is 5.91. The highest BCUT2D eigenvalue weighted by Gasteiger charge is 2.38. The van der Waals surface area contributed by atoms with Crippen molar-refractivity contribution in [1.82, 2.24) is 4.90 Å². The van der Waals surface area contributed by atoms with Gasteiger partial charge in [0.2, 0.25) is 5.91 Å². The lowest BCUT2D eigenvalue weighted by Gasteiger charge is -2.35. The molecule has 0 radical (unpaired) electrons. The summed E-state index contributed by atoms with van der Waals surface area (Å²) in [6.07, 6.45) is 1.09. The normalized spacial score (nSPS) is 25.6. The Morgan fingerprint density at radius 1 is 1.45 bits per heavy atom. The molecule has 5 nitrogen and oxygen atoms in total. The van der Waals surface area contributed by atoms with E-state index in [1.807, 2.05) is 44.3 Å². The Labute approximate surface area is 119 Å². The zero-order chi connectivity index (χ0) is 14.8. The number of rotatable bonds is 5. The molecule has 3 unspecified atom stereocenters. The van der Waals surface area contributed by atoms with Crippen molar-refractivity contribution in [3.8, 4) is 0 Å². The predicted octanol–water partition coefficient (Wildman–Crippen LogP) is 0.435. The van der Waals surface area contributed by atoms with Crippen molar-refractivity contribution in [2.75, 3.05) is 20.2 Å². The van der Waals surface area contributed by atoms with Gasteiger partial charge in [0, 0.05) is 19.2 Å². The summed E-state index contributed by atoms with van der Waals surface area (Å²) in [5.41, 5.74) is 11.4. The summed E-state index contributed by atoms with van der Waals surface area (Å²) in [4.78, 5) is 14.0. The Balaban J connectivity index is 2.19. The fourth-order valence-electron chi connectivity index (χ4n) is 2.86. The number of primary amides is 1. The van der Waals surface area contributed by atoms with Crippen LogP contribution >= 0.6 is 0 Å². The molecular formula is C15H23N3O2. The number of carbonyl (C=O) groups excluding carboxylic acids is 1. The van der Waals surface area contributed by atoms with E-state index in [-0.39, 0.29) is 12.1 Å². The molecule has 1 saturated heterocycles. The molecule has 1 aromatic rings. The van der Waals surface area contributed by atoms with Gasteiger partial charge in [-0.3, -0.25) is 9.69 Å². The standard InChI is InChI=1S/C15H23N3O2/c1-11-13(8-9-20-11)18(2)10-15(17,14(16)19)12-6-4-3-5-7-12/h3-7,11,13H,8-10,17H2,1-2H3,(H2,16,19). The molecule has 1 aliphatic heterocycles. The van der Waals surface area contributed by atoms with E-state index in [2.05, 4.69) is 4.90 Å². The first-order chi connectivity index (χ1) is 9.45. The van der Waals surface area contributed by atoms with Crippen molar-refractivity contribution in [3.05, 3.63) is 35.9 Å². The van der Waals surface area contributed by atoms with Crippen LogP contribution in [0.2, 0.25) is 0 Å². The third kappa shape index (κ3) is 2.85. The zero-order valence-electron chi connectivity index (χ0n) is 12.1. The van der Waals surface area contributed by atoms with Gasteiger partial charge in [-0.15, -0.1) is 0 Å². The monoisotopic (exact) mass is 277 g/mol. The number of nitrogens with zero attached hydrogens (tertiary/aromatic N) is 1. The number of carbonyl (C=O) groups is 1. The van der Waals surface area contributed by atoms with Gasteiger partial charge in [-0.1, -0.05) is 30.3 Å². The van der Waals surface area contributed by atoms with Crippen LogP contribution < -0.4 is 11.5 Å². The Morgan fingerprint density at radius 2 is 2.10 bits per heavy atom. The molecule has 110 valence electrons. The molecule has 20 heavy (non-hydrogen) atoms. The minimum atomic E-state index is -1.18. The number of hydrogen-bond acceptors (Lipinski definition) is 4. The molecule has 0 aromatic heterocycles. The van der Waals surface area contributed by atoms with Crippen LogP contribution in [-0.4, -0.2) is 43.2 Å². The Bertz CT molecular complexity index is 465. The summed E-state index contributed by atoms with van der Waals surface area (Å²) in [6, 6.07) is 9.56. The van der Waals surface area contributed by atoms with Crippen LogP contribution in [0, 0.1) is 0 Å². The van der Waals surface area contributed by atoms with Crippen molar-refractivity contribution in [2.45, 2.75) is 31.0 Å². The van der Waals surface area contributed by atoms with Crippen molar-refractivity contribution in [3.63, 3.8) is 0 Å². The van der Waals surface area contributed by atoms with E-state index in [1.165, 1.54) is 0 Å². The summed E-state index contributed by atoms with van der Waals surface area (Å²) in [7, 11) is 1.96. The van der Waals surface area contributed by atoms with E-state index < -0.39 is 11.4 Å². The lowest BCUT2D eigenvalue weighted by atomic mass is 9.89. The molecule has 2 rings (SSSR count). The fourth-order valence-corrected chi connectivity index (χ4v) is 2.86. The van der Waals surface area contributed by atoms with E-state index in [4.69, 9.17) is 16.2 Å². The average molecular weight is 277 g/mol. The first-order valence-electron chi connectivity index (χ1n) is 6.91. The van der Waals surface area contributed by atoms with Gasteiger partial charge < -0.3 is 16.2 Å². The maximum Gasteiger partial charge on any atom is 0.243 e. The van der Waals surface area contributed by atoms with E-state index in [1.54, 1.807) is 0 Å². The molecule has 0 spiro atoms. The maximum absolute atomic E-state index is 11.9. The molecule has 1 aliphatic rings. The second-order valence-electron chi connectivity index (χ2n) is 5.55. The van der Waals surface area contributed by atoms with Gasteiger partial charge in [-0.05, 0) is 26.0 Å². The highest BCUT2D eigenvalue weighted by atomic mass is 16.5. The van der Waals surface area contributed by atoms with E-state index in [0.29, 0.717) is 6.54 Å². The van der Waals surface area contributed by atoms with Gasteiger partial charge >= 0.3 is 0 Å². The summed E-state index contributed by atoms with van der Waals surface area (Å²) in [6.45, 7) is 3.17. The van der Waals surface area contributed by atoms with E-state index in [9.17, 15) is 4.79 Å². The largest absolute Gasteiger partial charge is 0.377 e. The molecule has 0 saturated carbocycles. The topological polar surface area (TPSA) is 81.6 Å². The Hall–Kier alpha value is -1.43. The summed E-state index contributed by atoms with van der Waals surface area (Å²) in [5, 5.41) is 0. The number of nitrogens with two attached hydrogens (primary N) is 2. The highest BCUT2D eigenvalue weighted by molar-refractivity contribution is 5.86. The molecule has 5 heteroatoms. The number of benzene rings is 1. The van der Waals surface area contributed by atoms with Gasteiger partial charge in [-0.25, -0.2) is 0 Å². The molecular weight excluding hydrogens is 254 g/mol.